The van der Waals surface area contributed by atoms with Crippen LogP contribution in [0.1, 0.15) is 10.4 Å². The summed E-state index contributed by atoms with van der Waals surface area (Å²) in [5, 5.41) is 0. The molecule has 3 heteroatoms. The van der Waals surface area contributed by atoms with Crippen molar-refractivity contribution < 1.29 is 9.53 Å². The van der Waals surface area contributed by atoms with Crippen LogP contribution in [0.4, 0.5) is 5.69 Å². The summed E-state index contributed by atoms with van der Waals surface area (Å²) >= 11 is 0. The molecule has 0 aliphatic rings. The molecule has 0 spiro atoms. The fraction of sp³-hybridized carbons (Fsp3) is 0.188. The third-order valence-electron chi connectivity index (χ3n) is 2.52. The lowest BCUT2D eigenvalue weighted by molar-refractivity contribution is 0.112. The van der Waals surface area contributed by atoms with E-state index in [9.17, 15) is 4.79 Å². The van der Waals surface area contributed by atoms with Crippen molar-refractivity contribution in [3.05, 3.63) is 60.2 Å². The van der Waals surface area contributed by atoms with Crippen molar-refractivity contribution >= 4 is 12.0 Å². The molecule has 0 N–H and O–H groups in total. The number of ether oxygens (including phenoxy) is 1. The molecule has 0 saturated heterocycles. The fourth-order valence-corrected chi connectivity index (χ4v) is 1.41. The number of para-hydroxylation sites is 1. The first-order chi connectivity index (χ1) is 9.17. The molecule has 0 aliphatic carbocycles. The van der Waals surface area contributed by atoms with E-state index in [1.54, 1.807) is 7.11 Å². The molecule has 0 fully saturated rings. The number of benzene rings is 2. The molecule has 3 nitrogen and oxygen atoms in total. The van der Waals surface area contributed by atoms with Crippen LogP contribution >= 0.6 is 0 Å². The molecule has 0 aromatic heterocycles. The summed E-state index contributed by atoms with van der Waals surface area (Å²) in [7, 11) is 5.60. The van der Waals surface area contributed by atoms with Crippen LogP contribution in [0.15, 0.2) is 54.6 Å². The highest BCUT2D eigenvalue weighted by atomic mass is 16.5. The standard InChI is InChI=1S/C9H11NO.C7H8O/c1-10(2)9-5-3-8(7-11)4-6-9;1-8-7-5-3-2-4-6-7/h3-7H,1-2H3;2-6H,1H3. The second kappa shape index (κ2) is 7.93. The Morgan fingerprint density at radius 3 is 1.89 bits per heavy atom. The zero-order valence-electron chi connectivity index (χ0n) is 11.5. The molecule has 0 heterocycles. The Balaban J connectivity index is 0.000000200. The van der Waals surface area contributed by atoms with E-state index in [-0.39, 0.29) is 0 Å². The summed E-state index contributed by atoms with van der Waals surface area (Å²) in [6.07, 6.45) is 0.847. The van der Waals surface area contributed by atoms with E-state index in [0.717, 1.165) is 23.3 Å². The Labute approximate surface area is 114 Å². The third kappa shape index (κ3) is 5.25. The Morgan fingerprint density at radius 2 is 1.53 bits per heavy atom. The fourth-order valence-electron chi connectivity index (χ4n) is 1.41. The second-order valence-corrected chi connectivity index (χ2v) is 4.12. The van der Waals surface area contributed by atoms with Crippen molar-refractivity contribution in [2.24, 2.45) is 0 Å². The van der Waals surface area contributed by atoms with Crippen LogP contribution < -0.4 is 9.64 Å². The first-order valence-corrected chi connectivity index (χ1v) is 5.99. The lowest BCUT2D eigenvalue weighted by atomic mass is 10.2. The first-order valence-electron chi connectivity index (χ1n) is 5.99. The Morgan fingerprint density at radius 1 is 0.947 bits per heavy atom. The van der Waals surface area contributed by atoms with Crippen molar-refractivity contribution in [1.29, 1.82) is 0 Å². The monoisotopic (exact) mass is 257 g/mol. The summed E-state index contributed by atoms with van der Waals surface area (Å²) in [5.74, 6) is 0.910. The van der Waals surface area contributed by atoms with Crippen LogP contribution in [-0.4, -0.2) is 27.5 Å². The molecule has 0 bridgehead atoms. The number of aldehydes is 1. The predicted molar refractivity (Wildman–Crippen MR) is 79.2 cm³/mol. The Hall–Kier alpha value is -2.29. The van der Waals surface area contributed by atoms with E-state index in [1.807, 2.05) is 73.6 Å². The van der Waals surface area contributed by atoms with Crippen LogP contribution in [-0.2, 0) is 0 Å². The normalized spacial score (nSPS) is 9.00. The average Bonchev–Trinajstić information content (AvgIpc) is 2.48. The zero-order chi connectivity index (χ0) is 14.1. The lowest BCUT2D eigenvalue weighted by Crippen LogP contribution is -2.08. The number of rotatable bonds is 3. The van der Waals surface area contributed by atoms with Crippen LogP contribution in [0.25, 0.3) is 0 Å². The number of methoxy groups -OCH3 is 1. The van der Waals surface area contributed by atoms with Crippen LogP contribution in [0.2, 0.25) is 0 Å². The van der Waals surface area contributed by atoms with Crippen molar-refractivity contribution in [2.75, 3.05) is 26.1 Å². The highest BCUT2D eigenvalue weighted by Crippen LogP contribution is 2.10. The smallest absolute Gasteiger partial charge is 0.150 e. The zero-order valence-corrected chi connectivity index (χ0v) is 11.5. The van der Waals surface area contributed by atoms with Crippen LogP contribution in [0.3, 0.4) is 0 Å². The van der Waals surface area contributed by atoms with Gasteiger partial charge in [-0.2, -0.15) is 0 Å². The largest absolute Gasteiger partial charge is 0.497 e. The van der Waals surface area contributed by atoms with Gasteiger partial charge in [-0.05, 0) is 36.4 Å². The van der Waals surface area contributed by atoms with Gasteiger partial charge in [0.2, 0.25) is 0 Å². The second-order valence-electron chi connectivity index (χ2n) is 4.12. The quantitative estimate of drug-likeness (QED) is 0.790. The lowest BCUT2D eigenvalue weighted by Gasteiger charge is -2.11. The number of nitrogens with zero attached hydrogens (tertiary/aromatic N) is 1. The minimum absolute atomic E-state index is 0.718. The number of anilines is 1. The molecule has 0 saturated carbocycles. The Bertz CT molecular complexity index is 478. The highest BCUT2D eigenvalue weighted by molar-refractivity contribution is 5.75. The summed E-state index contributed by atoms with van der Waals surface area (Å²) in [5.41, 5.74) is 1.83. The van der Waals surface area contributed by atoms with Gasteiger partial charge in [-0.3, -0.25) is 4.79 Å². The van der Waals surface area contributed by atoms with Crippen LogP contribution in [0, 0.1) is 0 Å². The van der Waals surface area contributed by atoms with E-state index in [2.05, 4.69) is 0 Å². The van der Waals surface area contributed by atoms with Gasteiger partial charge in [0.15, 0.2) is 0 Å². The molecular formula is C16H19NO2. The summed E-state index contributed by atoms with van der Waals surface area (Å²) in [6.45, 7) is 0. The van der Waals surface area contributed by atoms with E-state index in [1.165, 1.54) is 0 Å². The van der Waals surface area contributed by atoms with Gasteiger partial charge >= 0.3 is 0 Å². The topological polar surface area (TPSA) is 29.5 Å². The molecule has 100 valence electrons. The number of carbonyl (C=O) groups is 1. The predicted octanol–water partition coefficient (Wildman–Crippen LogP) is 3.26. The van der Waals surface area contributed by atoms with Gasteiger partial charge < -0.3 is 9.64 Å². The molecule has 19 heavy (non-hydrogen) atoms. The molecule has 0 radical (unpaired) electrons. The van der Waals surface area contributed by atoms with Gasteiger partial charge in [0.1, 0.15) is 12.0 Å². The van der Waals surface area contributed by atoms with Gasteiger partial charge in [-0.1, -0.05) is 18.2 Å². The SMILES string of the molecule is CN(C)c1ccc(C=O)cc1.COc1ccccc1. The molecule has 0 atom stereocenters. The number of carbonyl (C=O) groups excluding carboxylic acids is 1. The maximum absolute atomic E-state index is 10.3. The molecule has 0 unspecified atom stereocenters. The van der Waals surface area contributed by atoms with Crippen molar-refractivity contribution in [3.8, 4) is 5.75 Å². The van der Waals surface area contributed by atoms with E-state index < -0.39 is 0 Å². The van der Waals surface area contributed by atoms with Gasteiger partial charge in [-0.15, -0.1) is 0 Å². The van der Waals surface area contributed by atoms with E-state index in [4.69, 9.17) is 4.74 Å². The van der Waals surface area contributed by atoms with Crippen molar-refractivity contribution in [2.45, 2.75) is 0 Å². The maximum atomic E-state index is 10.3. The van der Waals surface area contributed by atoms with E-state index in [0.29, 0.717) is 0 Å². The highest BCUT2D eigenvalue weighted by Gasteiger charge is 1.93. The molecule has 2 rings (SSSR count). The molecule has 0 amide bonds. The number of hydrogen-bond acceptors (Lipinski definition) is 3. The molecular weight excluding hydrogens is 238 g/mol. The maximum Gasteiger partial charge on any atom is 0.150 e. The average molecular weight is 257 g/mol. The van der Waals surface area contributed by atoms with Gasteiger partial charge in [0.05, 0.1) is 7.11 Å². The minimum atomic E-state index is 0.718. The Kier molecular flexibility index (Phi) is 6.16. The van der Waals surface area contributed by atoms with Gasteiger partial charge in [0.25, 0.3) is 0 Å². The van der Waals surface area contributed by atoms with Gasteiger partial charge in [0, 0.05) is 25.3 Å². The van der Waals surface area contributed by atoms with Crippen molar-refractivity contribution in [1.82, 2.24) is 0 Å². The van der Waals surface area contributed by atoms with Crippen LogP contribution in [0.5, 0.6) is 5.75 Å². The number of hydrogen-bond donors (Lipinski definition) is 0. The molecule has 2 aromatic carbocycles. The molecule has 2 aromatic rings. The minimum Gasteiger partial charge on any atom is -0.497 e. The molecule has 0 aliphatic heterocycles. The third-order valence-corrected chi connectivity index (χ3v) is 2.52. The van der Waals surface area contributed by atoms with Crippen molar-refractivity contribution in [3.63, 3.8) is 0 Å². The van der Waals surface area contributed by atoms with Gasteiger partial charge in [-0.25, -0.2) is 0 Å². The summed E-state index contributed by atoms with van der Waals surface area (Å²) < 4.78 is 4.91. The summed E-state index contributed by atoms with van der Waals surface area (Å²) in [6, 6.07) is 17.1. The summed E-state index contributed by atoms with van der Waals surface area (Å²) in [4.78, 5) is 12.3. The first kappa shape index (κ1) is 14.8. The van der Waals surface area contributed by atoms with E-state index >= 15 is 0 Å².